The summed E-state index contributed by atoms with van der Waals surface area (Å²) in [4.78, 5) is 14.1. The minimum atomic E-state index is -4.46. The topological polar surface area (TPSA) is 32.9 Å². The predicted octanol–water partition coefficient (Wildman–Crippen LogP) is 3.31. The Hall–Kier alpha value is -1.30. The van der Waals surface area contributed by atoms with Crippen molar-refractivity contribution in [3.63, 3.8) is 0 Å². The molecule has 0 atom stereocenters. The van der Waals surface area contributed by atoms with E-state index >= 15 is 0 Å². The van der Waals surface area contributed by atoms with Gasteiger partial charge in [0.15, 0.2) is 5.43 Å². The van der Waals surface area contributed by atoms with Gasteiger partial charge in [-0.3, -0.25) is 4.79 Å². The van der Waals surface area contributed by atoms with Gasteiger partial charge in [-0.25, -0.2) is 0 Å². The van der Waals surface area contributed by atoms with E-state index in [-0.39, 0.29) is 9.86 Å². The van der Waals surface area contributed by atoms with E-state index in [0.717, 1.165) is 12.1 Å². The molecule has 2 aromatic rings. The summed E-state index contributed by atoms with van der Waals surface area (Å²) in [5.74, 6) is 0. The summed E-state index contributed by atoms with van der Waals surface area (Å²) in [5.41, 5.74) is -0.926. The lowest BCUT2D eigenvalue weighted by molar-refractivity contribution is -0.137. The molecule has 2 nitrogen and oxygen atoms in total. The summed E-state index contributed by atoms with van der Waals surface area (Å²) in [5, 5.41) is 0.0178. The van der Waals surface area contributed by atoms with E-state index in [4.69, 9.17) is 0 Å². The predicted molar refractivity (Wildman–Crippen MR) is 57.3 cm³/mol. The third-order valence-corrected chi connectivity index (χ3v) is 2.77. The van der Waals surface area contributed by atoms with Gasteiger partial charge in [0.25, 0.3) is 0 Å². The Labute approximate surface area is 96.2 Å². The number of fused-ring (bicyclic) bond motifs is 1. The number of hydrogen-bond donors (Lipinski definition) is 1. The van der Waals surface area contributed by atoms with Crippen molar-refractivity contribution < 1.29 is 13.2 Å². The molecule has 84 valence electrons. The molecule has 1 aromatic carbocycles. The van der Waals surface area contributed by atoms with E-state index in [2.05, 4.69) is 20.9 Å². The lowest BCUT2D eigenvalue weighted by atomic mass is 10.1. The number of halogens is 4. The molecule has 0 fully saturated rings. The number of benzene rings is 1. The lowest BCUT2D eigenvalue weighted by Gasteiger charge is -2.08. The summed E-state index contributed by atoms with van der Waals surface area (Å²) < 4.78 is 37.7. The summed E-state index contributed by atoms with van der Waals surface area (Å²) in [6.07, 6.45) is -3.07. The maximum Gasteiger partial charge on any atom is 0.416 e. The second-order valence-corrected chi connectivity index (χ2v) is 4.07. The van der Waals surface area contributed by atoms with Crippen LogP contribution in [-0.2, 0) is 6.18 Å². The first-order chi connectivity index (χ1) is 7.39. The van der Waals surface area contributed by atoms with E-state index in [9.17, 15) is 18.0 Å². The molecule has 0 aliphatic carbocycles. The quantitative estimate of drug-likeness (QED) is 0.794. The minimum Gasteiger partial charge on any atom is -0.360 e. The van der Waals surface area contributed by atoms with Gasteiger partial charge >= 0.3 is 6.18 Å². The number of hydrogen-bond acceptors (Lipinski definition) is 1. The largest absolute Gasteiger partial charge is 0.416 e. The fourth-order valence-electron chi connectivity index (χ4n) is 1.40. The lowest BCUT2D eigenvalue weighted by Crippen LogP contribution is -2.08. The Morgan fingerprint density at radius 1 is 1.25 bits per heavy atom. The minimum absolute atomic E-state index is 0.0178. The van der Waals surface area contributed by atoms with Gasteiger partial charge < -0.3 is 4.98 Å². The SMILES string of the molecule is O=c1cc[nH]c2c(Br)cc(C(F)(F)F)cc12. The monoisotopic (exact) mass is 291 g/mol. The molecule has 0 unspecified atom stereocenters. The zero-order chi connectivity index (χ0) is 11.9. The van der Waals surface area contributed by atoms with Crippen molar-refractivity contribution in [2.45, 2.75) is 6.18 Å². The molecule has 0 radical (unpaired) electrons. The van der Waals surface area contributed by atoms with E-state index in [1.54, 1.807) is 0 Å². The maximum absolute atomic E-state index is 12.5. The molecule has 2 rings (SSSR count). The van der Waals surface area contributed by atoms with Crippen molar-refractivity contribution in [3.8, 4) is 0 Å². The third kappa shape index (κ3) is 1.84. The van der Waals surface area contributed by atoms with Gasteiger partial charge in [-0.2, -0.15) is 13.2 Å². The molecule has 1 heterocycles. The normalized spacial score (nSPS) is 12.0. The molecule has 0 spiro atoms. The first-order valence-electron chi connectivity index (χ1n) is 4.28. The van der Waals surface area contributed by atoms with Crippen molar-refractivity contribution in [2.75, 3.05) is 0 Å². The molecule has 0 saturated heterocycles. The molecular weight excluding hydrogens is 287 g/mol. The van der Waals surface area contributed by atoms with E-state index in [1.807, 2.05) is 0 Å². The molecule has 0 aliphatic heterocycles. The summed E-state index contributed by atoms with van der Waals surface area (Å²) in [6, 6.07) is 2.98. The van der Waals surface area contributed by atoms with E-state index < -0.39 is 17.2 Å². The van der Waals surface area contributed by atoms with E-state index in [1.165, 1.54) is 12.3 Å². The van der Waals surface area contributed by atoms with Gasteiger partial charge in [0.1, 0.15) is 0 Å². The Kier molecular flexibility index (Phi) is 2.53. The number of alkyl halides is 3. The van der Waals surface area contributed by atoms with Crippen LogP contribution in [0.3, 0.4) is 0 Å². The Bertz CT molecular complexity index is 603. The van der Waals surface area contributed by atoms with Crippen LogP contribution in [0.15, 0.2) is 33.7 Å². The van der Waals surface area contributed by atoms with Crippen LogP contribution in [0.4, 0.5) is 13.2 Å². The summed E-state index contributed by atoms with van der Waals surface area (Å²) in [6.45, 7) is 0. The number of aromatic amines is 1. The highest BCUT2D eigenvalue weighted by Gasteiger charge is 2.31. The van der Waals surface area contributed by atoms with Crippen molar-refractivity contribution in [1.29, 1.82) is 0 Å². The van der Waals surface area contributed by atoms with Crippen LogP contribution in [-0.4, -0.2) is 4.98 Å². The van der Waals surface area contributed by atoms with Crippen molar-refractivity contribution in [3.05, 3.63) is 44.7 Å². The van der Waals surface area contributed by atoms with Gasteiger partial charge in [-0.15, -0.1) is 0 Å². The molecule has 0 aliphatic rings. The second-order valence-electron chi connectivity index (χ2n) is 3.22. The first-order valence-corrected chi connectivity index (χ1v) is 5.07. The number of pyridine rings is 1. The van der Waals surface area contributed by atoms with Gasteiger partial charge in [0.05, 0.1) is 11.1 Å². The van der Waals surface area contributed by atoms with Crippen LogP contribution in [0.1, 0.15) is 5.56 Å². The molecular formula is C10H5BrF3NO. The van der Waals surface area contributed by atoms with Gasteiger partial charge in [-0.05, 0) is 28.1 Å². The molecule has 0 bridgehead atoms. The Morgan fingerprint density at radius 2 is 1.94 bits per heavy atom. The summed E-state index contributed by atoms with van der Waals surface area (Å²) in [7, 11) is 0. The summed E-state index contributed by atoms with van der Waals surface area (Å²) >= 11 is 3.00. The molecule has 1 aromatic heterocycles. The zero-order valence-electron chi connectivity index (χ0n) is 7.73. The Balaban J connectivity index is 2.86. The van der Waals surface area contributed by atoms with Crippen molar-refractivity contribution in [2.24, 2.45) is 0 Å². The molecule has 0 amide bonds. The van der Waals surface area contributed by atoms with E-state index in [0.29, 0.717) is 5.52 Å². The van der Waals surface area contributed by atoms with Gasteiger partial charge in [0, 0.05) is 22.1 Å². The van der Waals surface area contributed by atoms with Gasteiger partial charge in [-0.1, -0.05) is 0 Å². The van der Waals surface area contributed by atoms with Crippen molar-refractivity contribution in [1.82, 2.24) is 4.98 Å². The highest BCUT2D eigenvalue weighted by molar-refractivity contribution is 9.10. The van der Waals surface area contributed by atoms with Crippen molar-refractivity contribution >= 4 is 26.8 Å². The zero-order valence-corrected chi connectivity index (χ0v) is 9.32. The Morgan fingerprint density at radius 3 is 2.56 bits per heavy atom. The second kappa shape index (κ2) is 3.62. The van der Waals surface area contributed by atoms with Crippen LogP contribution in [0.2, 0.25) is 0 Å². The average molecular weight is 292 g/mol. The molecule has 6 heteroatoms. The van der Waals surface area contributed by atoms with Crippen LogP contribution in [0, 0.1) is 0 Å². The fourth-order valence-corrected chi connectivity index (χ4v) is 1.98. The van der Waals surface area contributed by atoms with Gasteiger partial charge in [0.2, 0.25) is 0 Å². The molecule has 16 heavy (non-hydrogen) atoms. The highest BCUT2D eigenvalue weighted by atomic mass is 79.9. The average Bonchev–Trinajstić information content (AvgIpc) is 2.18. The first kappa shape index (κ1) is 11.2. The smallest absolute Gasteiger partial charge is 0.360 e. The van der Waals surface area contributed by atoms with Crippen LogP contribution in [0.5, 0.6) is 0 Å². The number of H-pyrrole nitrogens is 1. The standard InChI is InChI=1S/C10H5BrF3NO/c11-7-4-5(10(12,13)14)3-6-8(16)1-2-15-9(6)7/h1-4H,(H,15,16). The highest BCUT2D eigenvalue weighted by Crippen LogP contribution is 2.33. The number of nitrogens with one attached hydrogen (secondary N) is 1. The molecule has 0 saturated carbocycles. The maximum atomic E-state index is 12.5. The van der Waals surface area contributed by atoms with Crippen LogP contribution >= 0.6 is 15.9 Å². The number of aromatic nitrogens is 1. The number of rotatable bonds is 0. The molecule has 1 N–H and O–H groups in total. The van der Waals surface area contributed by atoms with Crippen LogP contribution in [0.25, 0.3) is 10.9 Å². The third-order valence-electron chi connectivity index (χ3n) is 2.15. The van der Waals surface area contributed by atoms with Crippen LogP contribution < -0.4 is 5.43 Å². The fraction of sp³-hybridized carbons (Fsp3) is 0.100.